The minimum atomic E-state index is 0.276. The van der Waals surface area contributed by atoms with Crippen LogP contribution in [-0.2, 0) is 6.54 Å². The van der Waals surface area contributed by atoms with Crippen LogP contribution in [0, 0.1) is 0 Å². The standard InChI is InChI=1S/C15H14Br2ClN/c1-10(12-4-2-3-5-13(12)16)19-9-11-6-7-14(17)15(18)8-11/h2-8,10,19H,9H2,1H3/t10-/m1/s1. The van der Waals surface area contributed by atoms with Crippen molar-refractivity contribution in [3.05, 3.63) is 67.6 Å². The summed E-state index contributed by atoms with van der Waals surface area (Å²) in [6.07, 6.45) is 0. The fourth-order valence-corrected chi connectivity index (χ4v) is 2.93. The van der Waals surface area contributed by atoms with Gasteiger partial charge in [0.15, 0.2) is 0 Å². The SMILES string of the molecule is C[C@@H](NCc1ccc(Br)c(Cl)c1)c1ccccc1Br. The molecule has 1 N–H and O–H groups in total. The molecule has 2 aromatic rings. The zero-order valence-electron chi connectivity index (χ0n) is 10.5. The topological polar surface area (TPSA) is 12.0 Å². The van der Waals surface area contributed by atoms with Crippen molar-refractivity contribution in [2.45, 2.75) is 19.5 Å². The third-order valence-electron chi connectivity index (χ3n) is 2.97. The highest BCUT2D eigenvalue weighted by atomic mass is 79.9. The number of rotatable bonds is 4. The highest BCUT2D eigenvalue weighted by Crippen LogP contribution is 2.25. The quantitative estimate of drug-likeness (QED) is 0.689. The average Bonchev–Trinajstić information content (AvgIpc) is 2.40. The van der Waals surface area contributed by atoms with Gasteiger partial charge in [0.05, 0.1) is 5.02 Å². The van der Waals surface area contributed by atoms with E-state index < -0.39 is 0 Å². The molecule has 0 aliphatic heterocycles. The Labute approximate surface area is 135 Å². The van der Waals surface area contributed by atoms with E-state index in [9.17, 15) is 0 Å². The molecule has 4 heteroatoms. The van der Waals surface area contributed by atoms with Gasteiger partial charge in [-0.05, 0) is 52.2 Å². The molecule has 0 fully saturated rings. The third kappa shape index (κ3) is 4.06. The minimum Gasteiger partial charge on any atom is -0.306 e. The van der Waals surface area contributed by atoms with Gasteiger partial charge in [-0.2, -0.15) is 0 Å². The zero-order chi connectivity index (χ0) is 13.8. The van der Waals surface area contributed by atoms with Gasteiger partial charge in [0.25, 0.3) is 0 Å². The third-order valence-corrected chi connectivity index (χ3v) is 4.92. The normalized spacial score (nSPS) is 12.4. The Kier molecular flexibility index (Phi) is 5.46. The van der Waals surface area contributed by atoms with Gasteiger partial charge < -0.3 is 5.32 Å². The number of hydrogen-bond acceptors (Lipinski definition) is 1. The van der Waals surface area contributed by atoms with E-state index in [1.807, 2.05) is 18.2 Å². The van der Waals surface area contributed by atoms with Crippen LogP contribution in [0.3, 0.4) is 0 Å². The second-order valence-electron chi connectivity index (χ2n) is 4.37. The lowest BCUT2D eigenvalue weighted by molar-refractivity contribution is 0.573. The molecule has 19 heavy (non-hydrogen) atoms. The minimum absolute atomic E-state index is 0.276. The first-order valence-electron chi connectivity index (χ1n) is 5.99. The lowest BCUT2D eigenvalue weighted by Gasteiger charge is -2.16. The van der Waals surface area contributed by atoms with Crippen LogP contribution in [0.4, 0.5) is 0 Å². The molecule has 0 aliphatic carbocycles. The van der Waals surface area contributed by atoms with Crippen LogP contribution in [0.2, 0.25) is 5.02 Å². The largest absolute Gasteiger partial charge is 0.306 e. The Morgan fingerprint density at radius 1 is 1.11 bits per heavy atom. The van der Waals surface area contributed by atoms with Gasteiger partial charge in [0, 0.05) is 21.5 Å². The summed E-state index contributed by atoms with van der Waals surface area (Å²) in [5.74, 6) is 0. The molecule has 100 valence electrons. The molecule has 1 nitrogen and oxygen atoms in total. The van der Waals surface area contributed by atoms with Gasteiger partial charge in [-0.3, -0.25) is 0 Å². The van der Waals surface area contributed by atoms with E-state index in [4.69, 9.17) is 11.6 Å². The Hall–Kier alpha value is -0.350. The van der Waals surface area contributed by atoms with Crippen LogP contribution in [0.1, 0.15) is 24.1 Å². The summed E-state index contributed by atoms with van der Waals surface area (Å²) in [6.45, 7) is 2.94. The predicted molar refractivity (Wildman–Crippen MR) is 88.5 cm³/mol. The van der Waals surface area contributed by atoms with Gasteiger partial charge in [-0.15, -0.1) is 0 Å². The smallest absolute Gasteiger partial charge is 0.0551 e. The van der Waals surface area contributed by atoms with Crippen LogP contribution in [0.5, 0.6) is 0 Å². The summed E-state index contributed by atoms with van der Waals surface area (Å²) in [4.78, 5) is 0. The fourth-order valence-electron chi connectivity index (χ4n) is 1.86. The molecule has 1 atom stereocenters. The fraction of sp³-hybridized carbons (Fsp3) is 0.200. The molecule has 0 bridgehead atoms. The van der Waals surface area contributed by atoms with Gasteiger partial charge >= 0.3 is 0 Å². The molecule has 2 rings (SSSR count). The first kappa shape index (κ1) is 15.0. The second kappa shape index (κ2) is 6.89. The van der Waals surface area contributed by atoms with Crippen LogP contribution in [-0.4, -0.2) is 0 Å². The van der Waals surface area contributed by atoms with Gasteiger partial charge in [0.2, 0.25) is 0 Å². The first-order valence-corrected chi connectivity index (χ1v) is 7.96. The summed E-state index contributed by atoms with van der Waals surface area (Å²) in [6, 6.07) is 14.5. The second-order valence-corrected chi connectivity index (χ2v) is 6.49. The highest BCUT2D eigenvalue weighted by molar-refractivity contribution is 9.10. The van der Waals surface area contributed by atoms with E-state index in [1.165, 1.54) is 11.1 Å². The lowest BCUT2D eigenvalue weighted by atomic mass is 10.1. The van der Waals surface area contributed by atoms with Crippen molar-refractivity contribution in [3.63, 3.8) is 0 Å². The van der Waals surface area contributed by atoms with Gasteiger partial charge in [-0.25, -0.2) is 0 Å². The Morgan fingerprint density at radius 2 is 1.84 bits per heavy atom. The Balaban J connectivity index is 2.02. The van der Waals surface area contributed by atoms with Crippen molar-refractivity contribution in [3.8, 4) is 0 Å². The maximum absolute atomic E-state index is 6.09. The van der Waals surface area contributed by atoms with E-state index in [2.05, 4.69) is 68.4 Å². The molecular weight excluding hydrogens is 389 g/mol. The summed E-state index contributed by atoms with van der Waals surface area (Å²) >= 11 is 13.1. The van der Waals surface area contributed by atoms with Crippen LogP contribution < -0.4 is 5.32 Å². The van der Waals surface area contributed by atoms with E-state index in [-0.39, 0.29) is 6.04 Å². The van der Waals surface area contributed by atoms with Crippen molar-refractivity contribution in [2.75, 3.05) is 0 Å². The van der Waals surface area contributed by atoms with Gasteiger partial charge in [-0.1, -0.05) is 51.8 Å². The lowest BCUT2D eigenvalue weighted by Crippen LogP contribution is -2.18. The number of hydrogen-bond donors (Lipinski definition) is 1. The molecular formula is C15H14Br2ClN. The molecule has 0 aromatic heterocycles. The monoisotopic (exact) mass is 401 g/mol. The molecule has 0 unspecified atom stereocenters. The van der Waals surface area contributed by atoms with E-state index >= 15 is 0 Å². The zero-order valence-corrected chi connectivity index (χ0v) is 14.4. The van der Waals surface area contributed by atoms with E-state index in [0.29, 0.717) is 0 Å². The summed E-state index contributed by atoms with van der Waals surface area (Å²) in [5.41, 5.74) is 2.43. The number of benzene rings is 2. The number of nitrogens with one attached hydrogen (secondary N) is 1. The van der Waals surface area contributed by atoms with Crippen LogP contribution in [0.25, 0.3) is 0 Å². The molecule has 0 heterocycles. The summed E-state index contributed by atoms with van der Waals surface area (Å²) in [5, 5.41) is 4.24. The van der Waals surface area contributed by atoms with E-state index in [0.717, 1.165) is 20.5 Å². The molecule has 0 amide bonds. The molecule has 2 aromatic carbocycles. The predicted octanol–water partition coefficient (Wildman–Crippen LogP) is 5.72. The van der Waals surface area contributed by atoms with E-state index in [1.54, 1.807) is 0 Å². The van der Waals surface area contributed by atoms with Crippen molar-refractivity contribution >= 4 is 43.5 Å². The highest BCUT2D eigenvalue weighted by Gasteiger charge is 2.08. The maximum Gasteiger partial charge on any atom is 0.0551 e. The Bertz CT molecular complexity index is 572. The summed E-state index contributed by atoms with van der Waals surface area (Å²) in [7, 11) is 0. The van der Waals surface area contributed by atoms with Crippen LogP contribution in [0.15, 0.2) is 51.4 Å². The first-order chi connectivity index (χ1) is 9.08. The molecule has 0 saturated carbocycles. The van der Waals surface area contributed by atoms with Crippen LogP contribution >= 0.6 is 43.5 Å². The summed E-state index contributed by atoms with van der Waals surface area (Å²) < 4.78 is 2.06. The average molecular weight is 404 g/mol. The molecule has 0 radical (unpaired) electrons. The maximum atomic E-state index is 6.09. The number of halogens is 3. The van der Waals surface area contributed by atoms with Crippen molar-refractivity contribution in [1.82, 2.24) is 5.32 Å². The van der Waals surface area contributed by atoms with Crippen molar-refractivity contribution in [1.29, 1.82) is 0 Å². The molecule has 0 aliphatic rings. The molecule has 0 saturated heterocycles. The van der Waals surface area contributed by atoms with Crippen molar-refractivity contribution < 1.29 is 0 Å². The van der Waals surface area contributed by atoms with Crippen molar-refractivity contribution in [2.24, 2.45) is 0 Å². The van der Waals surface area contributed by atoms with Gasteiger partial charge in [0.1, 0.15) is 0 Å². The molecule has 0 spiro atoms. The Morgan fingerprint density at radius 3 is 2.53 bits per heavy atom.